The van der Waals surface area contributed by atoms with Crippen LogP contribution < -0.4 is 10.2 Å². The Labute approximate surface area is 118 Å². The first-order chi connectivity index (χ1) is 9.32. The van der Waals surface area contributed by atoms with Gasteiger partial charge in [-0.3, -0.25) is 0 Å². The molecule has 2 unspecified atom stereocenters. The minimum absolute atomic E-state index is 0.224. The molecule has 2 rings (SSSR count). The highest BCUT2D eigenvalue weighted by atomic mass is 19.4. The van der Waals surface area contributed by atoms with Crippen LogP contribution in [0.25, 0.3) is 0 Å². The van der Waals surface area contributed by atoms with Crippen molar-refractivity contribution in [2.24, 2.45) is 11.8 Å². The Morgan fingerprint density at radius 3 is 2.30 bits per heavy atom. The lowest BCUT2D eigenvalue weighted by Crippen LogP contribution is -2.21. The molecule has 2 atom stereocenters. The molecule has 1 aliphatic rings. The van der Waals surface area contributed by atoms with Crippen molar-refractivity contribution in [3.8, 4) is 0 Å². The van der Waals surface area contributed by atoms with Gasteiger partial charge in [0.15, 0.2) is 0 Å². The van der Waals surface area contributed by atoms with E-state index in [1.165, 1.54) is 6.07 Å². The minimum Gasteiger partial charge on any atom is -0.371 e. The largest absolute Gasteiger partial charge is 0.416 e. The molecule has 0 saturated carbocycles. The predicted octanol–water partition coefficient (Wildman–Crippen LogP) is 3.52. The van der Waals surface area contributed by atoms with Crippen molar-refractivity contribution in [2.45, 2.75) is 26.6 Å². The van der Waals surface area contributed by atoms with E-state index in [2.05, 4.69) is 19.2 Å². The molecule has 1 heterocycles. The average molecular weight is 286 g/mol. The molecule has 0 bridgehead atoms. The van der Waals surface area contributed by atoms with E-state index in [1.54, 1.807) is 19.2 Å². The van der Waals surface area contributed by atoms with Gasteiger partial charge in [0.25, 0.3) is 0 Å². The van der Waals surface area contributed by atoms with Crippen LogP contribution in [0.1, 0.15) is 25.0 Å². The van der Waals surface area contributed by atoms with Crippen molar-refractivity contribution in [1.82, 2.24) is 5.32 Å². The number of anilines is 1. The van der Waals surface area contributed by atoms with Gasteiger partial charge in [-0.25, -0.2) is 0 Å². The molecule has 1 aliphatic heterocycles. The molecule has 20 heavy (non-hydrogen) atoms. The van der Waals surface area contributed by atoms with Crippen LogP contribution in [-0.4, -0.2) is 20.1 Å². The van der Waals surface area contributed by atoms with Crippen LogP contribution in [0.5, 0.6) is 0 Å². The predicted molar refractivity (Wildman–Crippen MR) is 74.7 cm³/mol. The van der Waals surface area contributed by atoms with Crippen LogP contribution in [0.3, 0.4) is 0 Å². The summed E-state index contributed by atoms with van der Waals surface area (Å²) in [6.07, 6.45) is -4.31. The van der Waals surface area contributed by atoms with Crippen molar-refractivity contribution < 1.29 is 13.2 Å². The number of rotatable bonds is 3. The summed E-state index contributed by atoms with van der Waals surface area (Å²) in [5, 5.41) is 2.79. The van der Waals surface area contributed by atoms with E-state index < -0.39 is 11.7 Å². The van der Waals surface area contributed by atoms with Crippen LogP contribution in [0.4, 0.5) is 18.9 Å². The molecule has 5 heteroatoms. The molecule has 1 N–H and O–H groups in total. The summed E-state index contributed by atoms with van der Waals surface area (Å²) in [6, 6.07) is 4.67. The molecule has 1 saturated heterocycles. The molecular formula is C15H21F3N2. The Morgan fingerprint density at radius 1 is 1.20 bits per heavy atom. The van der Waals surface area contributed by atoms with Crippen LogP contribution in [0.2, 0.25) is 0 Å². The van der Waals surface area contributed by atoms with Gasteiger partial charge in [0.1, 0.15) is 0 Å². The van der Waals surface area contributed by atoms with Crippen LogP contribution >= 0.6 is 0 Å². The van der Waals surface area contributed by atoms with E-state index >= 15 is 0 Å². The molecule has 1 aromatic carbocycles. The number of hydrogen-bond acceptors (Lipinski definition) is 2. The summed E-state index contributed by atoms with van der Waals surface area (Å²) in [5.41, 5.74) is 0.439. The van der Waals surface area contributed by atoms with E-state index in [0.29, 0.717) is 23.1 Å². The van der Waals surface area contributed by atoms with Crippen LogP contribution in [0, 0.1) is 11.8 Å². The number of alkyl halides is 3. The molecule has 0 aliphatic carbocycles. The zero-order valence-electron chi connectivity index (χ0n) is 12.1. The van der Waals surface area contributed by atoms with Gasteiger partial charge in [0, 0.05) is 25.3 Å². The van der Waals surface area contributed by atoms with Gasteiger partial charge in [-0.05, 0) is 36.6 Å². The van der Waals surface area contributed by atoms with Crippen molar-refractivity contribution in [1.29, 1.82) is 0 Å². The van der Waals surface area contributed by atoms with E-state index in [4.69, 9.17) is 0 Å². The zero-order valence-corrected chi connectivity index (χ0v) is 12.1. The maximum atomic E-state index is 13.1. The fourth-order valence-electron chi connectivity index (χ4n) is 2.71. The Kier molecular flexibility index (Phi) is 4.28. The smallest absolute Gasteiger partial charge is 0.371 e. The first-order valence-electron chi connectivity index (χ1n) is 6.92. The molecule has 0 spiro atoms. The Hall–Kier alpha value is -1.23. The van der Waals surface area contributed by atoms with Gasteiger partial charge >= 0.3 is 6.18 Å². The Morgan fingerprint density at radius 2 is 1.80 bits per heavy atom. The molecule has 0 aromatic heterocycles. The summed E-state index contributed by atoms with van der Waals surface area (Å²) < 4.78 is 39.4. The molecule has 0 amide bonds. The normalized spacial score (nSPS) is 23.4. The third kappa shape index (κ3) is 3.08. The second kappa shape index (κ2) is 5.64. The summed E-state index contributed by atoms with van der Waals surface area (Å²) in [5.74, 6) is 1.03. The monoisotopic (exact) mass is 286 g/mol. The van der Waals surface area contributed by atoms with E-state index in [9.17, 15) is 13.2 Å². The second-order valence-corrected chi connectivity index (χ2v) is 5.73. The molecule has 112 valence electrons. The third-order valence-electron chi connectivity index (χ3n) is 4.12. The third-order valence-corrected chi connectivity index (χ3v) is 4.12. The van der Waals surface area contributed by atoms with Crippen molar-refractivity contribution in [3.63, 3.8) is 0 Å². The Bertz CT molecular complexity index is 461. The van der Waals surface area contributed by atoms with E-state index in [0.717, 1.165) is 13.1 Å². The van der Waals surface area contributed by atoms with E-state index in [-0.39, 0.29) is 6.54 Å². The van der Waals surface area contributed by atoms with Gasteiger partial charge in [-0.15, -0.1) is 0 Å². The SMILES string of the molecule is CNCc1ccc(N2CC(C)C(C)C2)cc1C(F)(F)F. The van der Waals surface area contributed by atoms with Crippen molar-refractivity contribution >= 4 is 5.69 Å². The highest BCUT2D eigenvalue weighted by Gasteiger charge is 2.34. The van der Waals surface area contributed by atoms with Gasteiger partial charge in [-0.2, -0.15) is 13.2 Å². The van der Waals surface area contributed by atoms with Crippen molar-refractivity contribution in [3.05, 3.63) is 29.3 Å². The van der Waals surface area contributed by atoms with Gasteiger partial charge < -0.3 is 10.2 Å². The lowest BCUT2D eigenvalue weighted by Gasteiger charge is -2.21. The maximum absolute atomic E-state index is 13.1. The summed E-state index contributed by atoms with van der Waals surface area (Å²) in [4.78, 5) is 2.05. The van der Waals surface area contributed by atoms with Crippen molar-refractivity contribution in [2.75, 3.05) is 25.0 Å². The summed E-state index contributed by atoms with van der Waals surface area (Å²) in [6.45, 7) is 6.16. The quantitative estimate of drug-likeness (QED) is 0.914. The summed E-state index contributed by atoms with van der Waals surface area (Å²) >= 11 is 0. The molecule has 2 nitrogen and oxygen atoms in total. The number of nitrogens with zero attached hydrogens (tertiary/aromatic N) is 1. The number of hydrogen-bond donors (Lipinski definition) is 1. The van der Waals surface area contributed by atoms with Gasteiger partial charge in [-0.1, -0.05) is 19.9 Å². The Balaban J connectivity index is 2.33. The first-order valence-corrected chi connectivity index (χ1v) is 6.92. The molecule has 1 aromatic rings. The molecule has 1 fully saturated rings. The number of nitrogens with one attached hydrogen (secondary N) is 1. The second-order valence-electron chi connectivity index (χ2n) is 5.73. The molecular weight excluding hydrogens is 265 g/mol. The van der Waals surface area contributed by atoms with Crippen LogP contribution in [0.15, 0.2) is 18.2 Å². The lowest BCUT2D eigenvalue weighted by molar-refractivity contribution is -0.138. The summed E-state index contributed by atoms with van der Waals surface area (Å²) in [7, 11) is 1.65. The standard InChI is InChI=1S/C15H21F3N2/c1-10-8-20(9-11(10)2)13-5-4-12(7-19-3)14(6-13)15(16,17)18/h4-6,10-11,19H,7-9H2,1-3H3. The van der Waals surface area contributed by atoms with Gasteiger partial charge in [0.2, 0.25) is 0 Å². The van der Waals surface area contributed by atoms with Gasteiger partial charge in [0.05, 0.1) is 5.56 Å². The first kappa shape index (κ1) is 15.2. The highest BCUT2D eigenvalue weighted by molar-refractivity contribution is 5.53. The van der Waals surface area contributed by atoms with E-state index in [1.807, 2.05) is 4.90 Å². The minimum atomic E-state index is -4.31. The van der Waals surface area contributed by atoms with Crippen LogP contribution in [-0.2, 0) is 12.7 Å². The average Bonchev–Trinajstić information content (AvgIpc) is 2.69. The topological polar surface area (TPSA) is 15.3 Å². The fraction of sp³-hybridized carbons (Fsp3) is 0.600. The maximum Gasteiger partial charge on any atom is 0.416 e. The lowest BCUT2D eigenvalue weighted by atomic mass is 10.0. The number of halogens is 3. The fourth-order valence-corrected chi connectivity index (χ4v) is 2.71. The highest BCUT2D eigenvalue weighted by Crippen LogP contribution is 2.36. The number of benzene rings is 1. The molecule has 0 radical (unpaired) electrons. The zero-order chi connectivity index (χ0) is 14.9.